The van der Waals surface area contributed by atoms with Crippen LogP contribution in [0.1, 0.15) is 18.4 Å². The number of nitrogens with zero attached hydrogens (tertiary/aromatic N) is 1. The molecule has 0 fully saturated rings. The number of nitrogens with one attached hydrogen (secondary N) is 1. The van der Waals surface area contributed by atoms with Crippen molar-refractivity contribution in [3.05, 3.63) is 47.0 Å². The number of carbonyl (C=O) groups excluding carboxylic acids is 1. The maximum atomic E-state index is 12.3. The van der Waals surface area contributed by atoms with Crippen LogP contribution in [0, 0.1) is 6.92 Å². The number of ether oxygens (including phenoxy) is 1. The summed E-state index contributed by atoms with van der Waals surface area (Å²) in [5, 5.41) is 3.68. The number of hydrogen-bond donors (Lipinski definition) is 1. The first-order valence-electron chi connectivity index (χ1n) is 8.52. The fourth-order valence-corrected chi connectivity index (χ4v) is 5.10. The van der Waals surface area contributed by atoms with Crippen LogP contribution in [0.3, 0.4) is 0 Å². The molecule has 1 N–H and O–H groups in total. The number of fused-ring (bicyclic) bond motifs is 1. The molecular formula is C19H19ClN2O4S2. The molecule has 0 unspecified atom stereocenters. The number of aryl methyl sites for hydroxylation is 1. The van der Waals surface area contributed by atoms with Crippen molar-refractivity contribution in [3.63, 3.8) is 0 Å². The van der Waals surface area contributed by atoms with Crippen LogP contribution in [-0.4, -0.2) is 32.2 Å². The second-order valence-corrected chi connectivity index (χ2v) is 9.75. The first-order chi connectivity index (χ1) is 13.3. The van der Waals surface area contributed by atoms with E-state index in [4.69, 9.17) is 16.3 Å². The van der Waals surface area contributed by atoms with E-state index < -0.39 is 9.84 Å². The minimum atomic E-state index is -3.45. The van der Waals surface area contributed by atoms with Crippen molar-refractivity contribution in [3.8, 4) is 5.75 Å². The predicted octanol–water partition coefficient (Wildman–Crippen LogP) is 4.46. The number of rotatable bonds is 7. The fourth-order valence-electron chi connectivity index (χ4n) is 2.69. The van der Waals surface area contributed by atoms with Gasteiger partial charge in [0, 0.05) is 11.4 Å². The lowest BCUT2D eigenvalue weighted by Crippen LogP contribution is -2.14. The standard InChI is InChI=1S/C19H19ClN2O4S2/c1-12-5-10-15(26-2)17-18(12)27-19(22-17)21-16(23)4-3-11-28(24,25)14-8-6-13(20)7-9-14/h5-10H,3-4,11H2,1-2H3,(H,21,22,23). The van der Waals surface area contributed by atoms with Crippen LogP contribution >= 0.6 is 22.9 Å². The van der Waals surface area contributed by atoms with Gasteiger partial charge < -0.3 is 10.1 Å². The molecule has 9 heteroatoms. The third-order valence-electron chi connectivity index (χ3n) is 4.16. The molecule has 3 rings (SSSR count). The van der Waals surface area contributed by atoms with Crippen LogP contribution in [0.15, 0.2) is 41.3 Å². The summed E-state index contributed by atoms with van der Waals surface area (Å²) >= 11 is 7.15. The number of anilines is 1. The quantitative estimate of drug-likeness (QED) is 0.588. The molecule has 0 bridgehead atoms. The Morgan fingerprint density at radius 1 is 1.21 bits per heavy atom. The van der Waals surface area contributed by atoms with Crippen LogP contribution in [0.25, 0.3) is 10.2 Å². The highest BCUT2D eigenvalue weighted by Crippen LogP contribution is 2.34. The molecule has 1 heterocycles. The summed E-state index contributed by atoms with van der Waals surface area (Å²) in [7, 11) is -1.88. The molecule has 0 aliphatic heterocycles. The Morgan fingerprint density at radius 3 is 2.61 bits per heavy atom. The van der Waals surface area contributed by atoms with Crippen LogP contribution in [-0.2, 0) is 14.6 Å². The van der Waals surface area contributed by atoms with Gasteiger partial charge >= 0.3 is 0 Å². The maximum Gasteiger partial charge on any atom is 0.226 e. The van der Waals surface area contributed by atoms with E-state index in [0.717, 1.165) is 10.3 Å². The Morgan fingerprint density at radius 2 is 1.93 bits per heavy atom. The Balaban J connectivity index is 1.61. The van der Waals surface area contributed by atoms with E-state index >= 15 is 0 Å². The Hall–Kier alpha value is -2.16. The molecule has 0 aliphatic carbocycles. The molecule has 0 saturated heterocycles. The van der Waals surface area contributed by atoms with Gasteiger partial charge in [0.25, 0.3) is 0 Å². The Kier molecular flexibility index (Phi) is 6.22. The number of amides is 1. The lowest BCUT2D eigenvalue weighted by Gasteiger charge is -2.05. The van der Waals surface area contributed by atoms with Gasteiger partial charge in [-0.05, 0) is 49.2 Å². The van der Waals surface area contributed by atoms with Crippen molar-refractivity contribution in [1.29, 1.82) is 0 Å². The molecule has 2 aromatic carbocycles. The highest BCUT2D eigenvalue weighted by Gasteiger charge is 2.16. The minimum Gasteiger partial charge on any atom is -0.494 e. The second kappa shape index (κ2) is 8.46. The van der Waals surface area contributed by atoms with E-state index in [-0.39, 0.29) is 29.4 Å². The predicted molar refractivity (Wildman–Crippen MR) is 112 cm³/mol. The summed E-state index contributed by atoms with van der Waals surface area (Å²) in [5.41, 5.74) is 1.75. The average molecular weight is 439 g/mol. The van der Waals surface area contributed by atoms with Gasteiger partial charge in [0.2, 0.25) is 5.91 Å². The van der Waals surface area contributed by atoms with Gasteiger partial charge in [-0.3, -0.25) is 4.79 Å². The van der Waals surface area contributed by atoms with Crippen LogP contribution in [0.4, 0.5) is 5.13 Å². The summed E-state index contributed by atoms with van der Waals surface area (Å²) in [6.07, 6.45) is 0.295. The SMILES string of the molecule is COc1ccc(C)c2sc(NC(=O)CCCS(=O)(=O)c3ccc(Cl)cc3)nc12. The van der Waals surface area contributed by atoms with Crippen molar-refractivity contribution < 1.29 is 17.9 Å². The molecule has 0 atom stereocenters. The highest BCUT2D eigenvalue weighted by molar-refractivity contribution is 7.91. The largest absolute Gasteiger partial charge is 0.494 e. The molecule has 1 aromatic heterocycles. The van der Waals surface area contributed by atoms with Gasteiger partial charge in [0.15, 0.2) is 15.0 Å². The van der Waals surface area contributed by atoms with E-state index in [2.05, 4.69) is 10.3 Å². The summed E-state index contributed by atoms with van der Waals surface area (Å²) in [6, 6.07) is 9.77. The van der Waals surface area contributed by atoms with E-state index in [0.29, 0.717) is 21.4 Å². The zero-order chi connectivity index (χ0) is 20.3. The monoisotopic (exact) mass is 438 g/mol. The summed E-state index contributed by atoms with van der Waals surface area (Å²) in [5.74, 6) is 0.253. The lowest BCUT2D eigenvalue weighted by atomic mass is 10.2. The number of hydrogen-bond acceptors (Lipinski definition) is 6. The molecule has 0 aliphatic rings. The molecule has 3 aromatic rings. The smallest absolute Gasteiger partial charge is 0.226 e. The molecule has 0 saturated carbocycles. The van der Waals surface area contributed by atoms with Gasteiger partial charge in [0.05, 0.1) is 22.5 Å². The number of halogens is 1. The number of aromatic nitrogens is 1. The number of carbonyl (C=O) groups is 1. The van der Waals surface area contributed by atoms with Gasteiger partial charge in [-0.15, -0.1) is 0 Å². The molecule has 1 amide bonds. The van der Waals surface area contributed by atoms with Crippen LogP contribution < -0.4 is 10.1 Å². The van der Waals surface area contributed by atoms with E-state index in [1.54, 1.807) is 7.11 Å². The molecular weight excluding hydrogens is 420 g/mol. The van der Waals surface area contributed by atoms with Gasteiger partial charge in [-0.25, -0.2) is 13.4 Å². The van der Waals surface area contributed by atoms with Crippen molar-refractivity contribution in [2.45, 2.75) is 24.7 Å². The summed E-state index contributed by atoms with van der Waals surface area (Å²) < 4.78 is 30.9. The molecule has 0 radical (unpaired) electrons. The van der Waals surface area contributed by atoms with Crippen molar-refractivity contribution >= 4 is 54.0 Å². The molecule has 148 valence electrons. The third kappa shape index (κ3) is 4.63. The first kappa shape index (κ1) is 20.6. The lowest BCUT2D eigenvalue weighted by molar-refractivity contribution is -0.116. The maximum absolute atomic E-state index is 12.3. The average Bonchev–Trinajstić information content (AvgIpc) is 3.06. The fraction of sp³-hybridized carbons (Fsp3) is 0.263. The van der Waals surface area contributed by atoms with Gasteiger partial charge in [-0.2, -0.15) is 0 Å². The third-order valence-corrected chi connectivity index (χ3v) is 7.33. The normalized spacial score (nSPS) is 11.5. The van der Waals surface area contributed by atoms with Gasteiger partial charge in [0.1, 0.15) is 11.3 Å². The number of sulfone groups is 1. The number of benzene rings is 2. The summed E-state index contributed by atoms with van der Waals surface area (Å²) in [4.78, 5) is 16.8. The Bertz CT molecular complexity index is 1110. The van der Waals surface area contributed by atoms with Gasteiger partial charge in [-0.1, -0.05) is 29.0 Å². The second-order valence-electron chi connectivity index (χ2n) is 6.21. The molecule has 28 heavy (non-hydrogen) atoms. The van der Waals surface area contributed by atoms with E-state index in [1.807, 2.05) is 19.1 Å². The van der Waals surface area contributed by atoms with Crippen molar-refractivity contribution in [2.24, 2.45) is 0 Å². The number of thiazole rings is 1. The van der Waals surface area contributed by atoms with Crippen LogP contribution in [0.5, 0.6) is 5.75 Å². The topological polar surface area (TPSA) is 85.4 Å². The molecule has 0 spiro atoms. The van der Waals surface area contributed by atoms with E-state index in [9.17, 15) is 13.2 Å². The van der Waals surface area contributed by atoms with Crippen LogP contribution in [0.2, 0.25) is 5.02 Å². The minimum absolute atomic E-state index is 0.0822. The van der Waals surface area contributed by atoms with E-state index in [1.165, 1.54) is 35.6 Å². The molecule has 6 nitrogen and oxygen atoms in total. The zero-order valence-electron chi connectivity index (χ0n) is 15.4. The first-order valence-corrected chi connectivity index (χ1v) is 11.4. The summed E-state index contributed by atoms with van der Waals surface area (Å²) in [6.45, 7) is 1.97. The highest BCUT2D eigenvalue weighted by atomic mass is 35.5. The van der Waals surface area contributed by atoms with Crippen molar-refractivity contribution in [2.75, 3.05) is 18.2 Å². The van der Waals surface area contributed by atoms with Crippen molar-refractivity contribution in [1.82, 2.24) is 4.98 Å². The Labute approximate surface area is 172 Å². The number of methoxy groups -OCH3 is 1. The zero-order valence-corrected chi connectivity index (χ0v) is 17.7.